The highest BCUT2D eigenvalue weighted by molar-refractivity contribution is 6.11. The van der Waals surface area contributed by atoms with Crippen molar-refractivity contribution < 1.29 is 9.53 Å². The van der Waals surface area contributed by atoms with Crippen molar-refractivity contribution in [1.82, 2.24) is 14.5 Å². The third-order valence-corrected chi connectivity index (χ3v) is 4.01. The van der Waals surface area contributed by atoms with Crippen LogP contribution >= 0.6 is 0 Å². The molecule has 7 heteroatoms. The number of nitrogens with zero attached hydrogens (tertiary/aromatic N) is 3. The van der Waals surface area contributed by atoms with E-state index in [9.17, 15) is 4.79 Å². The summed E-state index contributed by atoms with van der Waals surface area (Å²) in [5.41, 5.74) is 14.9. The van der Waals surface area contributed by atoms with Gasteiger partial charge in [0.05, 0.1) is 29.5 Å². The Hall–Kier alpha value is -3.09. The Bertz CT molecular complexity index is 890. The molecule has 0 bridgehead atoms. The van der Waals surface area contributed by atoms with Gasteiger partial charge in [-0.05, 0) is 26.3 Å². The van der Waals surface area contributed by atoms with E-state index in [0.717, 1.165) is 16.8 Å². The van der Waals surface area contributed by atoms with Crippen LogP contribution in [0.2, 0.25) is 0 Å². The molecule has 2 heterocycles. The average molecular weight is 327 g/mol. The molecule has 0 aliphatic heterocycles. The smallest absolute Gasteiger partial charge is 0.253 e. The van der Waals surface area contributed by atoms with Gasteiger partial charge in [-0.25, -0.2) is 9.97 Å². The van der Waals surface area contributed by atoms with E-state index in [1.54, 1.807) is 17.8 Å². The van der Waals surface area contributed by atoms with Gasteiger partial charge < -0.3 is 16.2 Å². The van der Waals surface area contributed by atoms with Gasteiger partial charge in [0, 0.05) is 11.8 Å². The number of carbonyl (C=O) groups excluding carboxylic acids is 1. The van der Waals surface area contributed by atoms with E-state index < -0.39 is 5.91 Å². The summed E-state index contributed by atoms with van der Waals surface area (Å²) in [5.74, 6) is 0.284. The molecule has 0 saturated heterocycles. The van der Waals surface area contributed by atoms with Gasteiger partial charge in [0.15, 0.2) is 0 Å². The Morgan fingerprint density at radius 2 is 2.04 bits per heavy atom. The third-order valence-electron chi connectivity index (χ3n) is 4.01. The third kappa shape index (κ3) is 2.64. The number of methoxy groups -OCH3 is 1. The first-order valence-corrected chi connectivity index (χ1v) is 7.30. The lowest BCUT2D eigenvalue weighted by molar-refractivity contribution is 0.100. The standard InChI is InChI=1S/C17H21N5O2/c1-6-9(2)14(10(3)11(4)24-5)22-15(18)13(16(19)23)12-7-20-8-21-17(12)22/h6-8H,1,18H2,2-5H3,(H2,19,23)/b11-10+,14-9+. The van der Waals surface area contributed by atoms with Crippen molar-refractivity contribution in [2.75, 3.05) is 12.8 Å². The molecule has 0 atom stereocenters. The highest BCUT2D eigenvalue weighted by Gasteiger charge is 2.24. The van der Waals surface area contributed by atoms with Crippen LogP contribution in [0.4, 0.5) is 5.82 Å². The Morgan fingerprint density at radius 3 is 2.58 bits per heavy atom. The topological polar surface area (TPSA) is 109 Å². The minimum Gasteiger partial charge on any atom is -0.501 e. The first-order chi connectivity index (χ1) is 11.3. The molecule has 0 fully saturated rings. The molecule has 24 heavy (non-hydrogen) atoms. The molecule has 0 aliphatic carbocycles. The zero-order valence-corrected chi connectivity index (χ0v) is 14.3. The maximum Gasteiger partial charge on any atom is 0.253 e. The van der Waals surface area contributed by atoms with Crippen molar-refractivity contribution in [3.8, 4) is 0 Å². The van der Waals surface area contributed by atoms with Crippen LogP contribution in [0.5, 0.6) is 0 Å². The van der Waals surface area contributed by atoms with Gasteiger partial charge in [-0.2, -0.15) is 0 Å². The average Bonchev–Trinajstić information content (AvgIpc) is 2.86. The van der Waals surface area contributed by atoms with Crippen LogP contribution in [0.1, 0.15) is 31.1 Å². The molecule has 0 unspecified atom stereocenters. The van der Waals surface area contributed by atoms with Gasteiger partial charge in [0.25, 0.3) is 5.91 Å². The SMILES string of the molecule is C=C/C(C)=C(\C(C)=C(/C)OC)n1c(N)c(C(N)=O)c2cncnc21. The molecule has 0 radical (unpaired) electrons. The maximum absolute atomic E-state index is 11.9. The fraction of sp³-hybridized carbons (Fsp3) is 0.235. The summed E-state index contributed by atoms with van der Waals surface area (Å²) in [6, 6.07) is 0. The molecule has 0 aliphatic rings. The number of hydrogen-bond acceptors (Lipinski definition) is 5. The number of fused-ring (bicyclic) bond motifs is 1. The maximum atomic E-state index is 11.9. The largest absolute Gasteiger partial charge is 0.501 e. The quantitative estimate of drug-likeness (QED) is 0.647. The van der Waals surface area contributed by atoms with E-state index in [4.69, 9.17) is 16.2 Å². The molecule has 7 nitrogen and oxygen atoms in total. The van der Waals surface area contributed by atoms with Gasteiger partial charge in [-0.15, -0.1) is 0 Å². The van der Waals surface area contributed by atoms with Crippen LogP contribution in [0.3, 0.4) is 0 Å². The van der Waals surface area contributed by atoms with E-state index in [2.05, 4.69) is 16.5 Å². The van der Waals surface area contributed by atoms with Crippen molar-refractivity contribution >= 4 is 28.5 Å². The number of carbonyl (C=O) groups is 1. The fourth-order valence-electron chi connectivity index (χ4n) is 2.58. The molecule has 0 spiro atoms. The molecule has 4 N–H and O–H groups in total. The summed E-state index contributed by atoms with van der Waals surface area (Å²) in [4.78, 5) is 20.1. The van der Waals surface area contributed by atoms with Crippen molar-refractivity contribution in [2.45, 2.75) is 20.8 Å². The lowest BCUT2D eigenvalue weighted by Crippen LogP contribution is -2.14. The Morgan fingerprint density at radius 1 is 1.38 bits per heavy atom. The zero-order chi connectivity index (χ0) is 18.0. The number of aromatic nitrogens is 3. The van der Waals surface area contributed by atoms with Gasteiger partial charge >= 0.3 is 0 Å². The second kappa shape index (κ2) is 6.57. The molecule has 0 aromatic carbocycles. The number of ether oxygens (including phenoxy) is 1. The Labute approximate surface area is 140 Å². The van der Waals surface area contributed by atoms with E-state index in [0.29, 0.717) is 16.8 Å². The summed E-state index contributed by atoms with van der Waals surface area (Å²) in [7, 11) is 1.59. The number of nitrogen functional groups attached to an aromatic ring is 1. The lowest BCUT2D eigenvalue weighted by atomic mass is 10.1. The van der Waals surface area contributed by atoms with E-state index >= 15 is 0 Å². The minimum atomic E-state index is -0.633. The molecule has 1 amide bonds. The molecular weight excluding hydrogens is 306 g/mol. The van der Waals surface area contributed by atoms with Gasteiger partial charge in [0.1, 0.15) is 17.8 Å². The molecule has 0 saturated carbocycles. The Balaban J connectivity index is 3.00. The summed E-state index contributed by atoms with van der Waals surface area (Å²) < 4.78 is 7.03. The van der Waals surface area contributed by atoms with Crippen LogP contribution in [0.15, 0.2) is 42.1 Å². The van der Waals surface area contributed by atoms with Crippen LogP contribution in [0.25, 0.3) is 16.7 Å². The summed E-state index contributed by atoms with van der Waals surface area (Å²) in [6.45, 7) is 9.47. The number of primary amides is 1. The first kappa shape index (κ1) is 17.3. The normalized spacial score (nSPS) is 13.3. The predicted molar refractivity (Wildman–Crippen MR) is 94.9 cm³/mol. The Kier molecular flexibility index (Phi) is 4.73. The second-order valence-electron chi connectivity index (χ2n) is 5.34. The van der Waals surface area contributed by atoms with Crippen molar-refractivity contribution in [1.29, 1.82) is 0 Å². The molecule has 2 aromatic heterocycles. The number of amides is 1. The fourth-order valence-corrected chi connectivity index (χ4v) is 2.58. The van der Waals surface area contributed by atoms with Crippen molar-refractivity contribution in [3.05, 3.63) is 47.6 Å². The van der Waals surface area contributed by atoms with Crippen LogP contribution in [-0.4, -0.2) is 27.6 Å². The minimum absolute atomic E-state index is 0.197. The van der Waals surface area contributed by atoms with Gasteiger partial charge in [0.2, 0.25) is 0 Å². The number of allylic oxidation sites excluding steroid dienone is 5. The summed E-state index contributed by atoms with van der Waals surface area (Å²) >= 11 is 0. The second-order valence-corrected chi connectivity index (χ2v) is 5.34. The number of rotatable bonds is 5. The predicted octanol–water partition coefficient (Wildman–Crippen LogP) is 2.47. The van der Waals surface area contributed by atoms with Crippen LogP contribution < -0.4 is 11.5 Å². The van der Waals surface area contributed by atoms with Crippen molar-refractivity contribution in [2.24, 2.45) is 5.73 Å². The van der Waals surface area contributed by atoms with E-state index in [1.165, 1.54) is 12.5 Å². The number of nitrogens with two attached hydrogens (primary N) is 2. The zero-order valence-electron chi connectivity index (χ0n) is 14.3. The van der Waals surface area contributed by atoms with Gasteiger partial charge in [-0.1, -0.05) is 12.7 Å². The van der Waals surface area contributed by atoms with Crippen LogP contribution in [0, 0.1) is 0 Å². The van der Waals surface area contributed by atoms with E-state index in [-0.39, 0.29) is 11.4 Å². The van der Waals surface area contributed by atoms with Gasteiger partial charge in [-0.3, -0.25) is 9.36 Å². The monoisotopic (exact) mass is 327 g/mol. The first-order valence-electron chi connectivity index (χ1n) is 7.30. The molecule has 126 valence electrons. The molecule has 2 aromatic rings. The van der Waals surface area contributed by atoms with Crippen molar-refractivity contribution in [3.63, 3.8) is 0 Å². The number of anilines is 1. The summed E-state index contributed by atoms with van der Waals surface area (Å²) in [6.07, 6.45) is 4.63. The highest BCUT2D eigenvalue weighted by atomic mass is 16.5. The molecule has 2 rings (SSSR count). The highest BCUT2D eigenvalue weighted by Crippen LogP contribution is 2.34. The number of hydrogen-bond donors (Lipinski definition) is 2. The lowest BCUT2D eigenvalue weighted by Gasteiger charge is -2.17. The summed E-state index contributed by atoms with van der Waals surface area (Å²) in [5, 5.41) is 0.500. The van der Waals surface area contributed by atoms with E-state index in [1.807, 2.05) is 20.8 Å². The molecular formula is C17H21N5O2. The van der Waals surface area contributed by atoms with Crippen LogP contribution in [-0.2, 0) is 4.74 Å².